The molecule has 0 atom stereocenters. The SMILES string of the molecule is Cc1cnn(C(C)C)c1-c1cc2n(n1)CCC(=O)N2Cc1ccc(-c2nc(C(F)(F)F)cn2C)cc1. The number of rotatable bonds is 5. The Kier molecular flexibility index (Phi) is 5.73. The van der Waals surface area contributed by atoms with Crippen LogP contribution < -0.4 is 4.90 Å². The van der Waals surface area contributed by atoms with Crippen LogP contribution >= 0.6 is 0 Å². The molecule has 188 valence electrons. The van der Waals surface area contributed by atoms with Crippen LogP contribution in [0.2, 0.25) is 0 Å². The topological polar surface area (TPSA) is 73.8 Å². The Morgan fingerprint density at radius 2 is 1.86 bits per heavy atom. The van der Waals surface area contributed by atoms with E-state index in [0.717, 1.165) is 28.7 Å². The maximum Gasteiger partial charge on any atom is 0.434 e. The van der Waals surface area contributed by atoms with Gasteiger partial charge in [-0.1, -0.05) is 24.3 Å². The molecular formula is C25H26F3N7O. The molecule has 0 fully saturated rings. The van der Waals surface area contributed by atoms with Crippen LogP contribution in [0, 0.1) is 6.92 Å². The smallest absolute Gasteiger partial charge is 0.333 e. The Labute approximate surface area is 206 Å². The molecule has 0 saturated heterocycles. The second-order valence-electron chi connectivity index (χ2n) is 9.31. The third-order valence-electron chi connectivity index (χ3n) is 6.30. The third kappa shape index (κ3) is 4.18. The molecule has 11 heteroatoms. The average molecular weight is 498 g/mol. The molecule has 36 heavy (non-hydrogen) atoms. The minimum absolute atomic E-state index is 0.00830. The van der Waals surface area contributed by atoms with E-state index in [1.54, 1.807) is 29.2 Å². The Morgan fingerprint density at radius 1 is 1.14 bits per heavy atom. The molecule has 3 aromatic heterocycles. The Hall–Kier alpha value is -3.89. The van der Waals surface area contributed by atoms with Crippen LogP contribution in [0.3, 0.4) is 0 Å². The molecule has 0 bridgehead atoms. The lowest BCUT2D eigenvalue weighted by Crippen LogP contribution is -2.36. The van der Waals surface area contributed by atoms with Crippen molar-refractivity contribution in [2.45, 2.75) is 52.5 Å². The number of halogens is 3. The van der Waals surface area contributed by atoms with Crippen molar-refractivity contribution >= 4 is 11.7 Å². The van der Waals surface area contributed by atoms with Crippen LogP contribution in [0.4, 0.5) is 19.0 Å². The predicted octanol–water partition coefficient (Wildman–Crippen LogP) is 4.99. The van der Waals surface area contributed by atoms with Crippen LogP contribution in [0.1, 0.15) is 43.1 Å². The van der Waals surface area contributed by atoms with Crippen LogP contribution in [0.5, 0.6) is 0 Å². The van der Waals surface area contributed by atoms with E-state index >= 15 is 0 Å². The Morgan fingerprint density at radius 3 is 2.50 bits per heavy atom. The van der Waals surface area contributed by atoms with E-state index in [1.165, 1.54) is 11.6 Å². The summed E-state index contributed by atoms with van der Waals surface area (Å²) < 4.78 is 44.2. The second kappa shape index (κ2) is 8.65. The van der Waals surface area contributed by atoms with E-state index < -0.39 is 11.9 Å². The van der Waals surface area contributed by atoms with E-state index in [9.17, 15) is 18.0 Å². The zero-order chi connectivity index (χ0) is 25.8. The molecule has 0 saturated carbocycles. The highest BCUT2D eigenvalue weighted by molar-refractivity contribution is 5.94. The van der Waals surface area contributed by atoms with Gasteiger partial charge >= 0.3 is 6.18 Å². The first-order valence-corrected chi connectivity index (χ1v) is 11.7. The molecule has 1 amide bonds. The normalized spacial score (nSPS) is 14.1. The molecule has 0 radical (unpaired) electrons. The van der Waals surface area contributed by atoms with Gasteiger partial charge in [0.15, 0.2) is 5.69 Å². The van der Waals surface area contributed by atoms with E-state index in [2.05, 4.69) is 23.9 Å². The summed E-state index contributed by atoms with van der Waals surface area (Å²) in [6, 6.07) is 9.13. The standard InChI is InChI=1S/C25H26F3N7O/c1-15(2)35-23(16(3)12-29-35)19-11-21-33(22(36)9-10-34(21)31-19)13-17-5-7-18(8-6-17)24-30-20(14-32(24)4)25(26,27)28/h5-8,11-12,14-15H,9-10,13H2,1-4H3. The van der Waals surface area contributed by atoms with Crippen molar-refractivity contribution in [3.8, 4) is 22.8 Å². The molecule has 0 N–H and O–H groups in total. The molecule has 0 aliphatic carbocycles. The number of aryl methyl sites for hydroxylation is 3. The summed E-state index contributed by atoms with van der Waals surface area (Å²) in [5.74, 6) is 0.925. The number of anilines is 1. The van der Waals surface area contributed by atoms with Gasteiger partial charge in [-0.15, -0.1) is 0 Å². The van der Waals surface area contributed by atoms with Crippen LogP contribution in [-0.4, -0.2) is 35.0 Å². The van der Waals surface area contributed by atoms with Gasteiger partial charge in [-0.05, 0) is 31.9 Å². The van der Waals surface area contributed by atoms with Gasteiger partial charge in [0.2, 0.25) is 5.91 Å². The van der Waals surface area contributed by atoms with E-state index in [1.807, 2.05) is 28.6 Å². The van der Waals surface area contributed by atoms with Gasteiger partial charge in [-0.2, -0.15) is 23.4 Å². The molecule has 5 rings (SSSR count). The van der Waals surface area contributed by atoms with Gasteiger partial charge in [0.1, 0.15) is 17.3 Å². The van der Waals surface area contributed by atoms with Gasteiger partial charge in [0.25, 0.3) is 0 Å². The Balaban J connectivity index is 1.42. The number of amides is 1. The van der Waals surface area contributed by atoms with E-state index in [0.29, 0.717) is 30.9 Å². The van der Waals surface area contributed by atoms with Crippen molar-refractivity contribution in [2.24, 2.45) is 7.05 Å². The fraction of sp³-hybridized carbons (Fsp3) is 0.360. The highest BCUT2D eigenvalue weighted by atomic mass is 19.4. The van der Waals surface area contributed by atoms with Crippen molar-refractivity contribution < 1.29 is 18.0 Å². The fourth-order valence-electron chi connectivity index (χ4n) is 4.51. The number of carbonyl (C=O) groups is 1. The van der Waals surface area contributed by atoms with E-state index in [4.69, 9.17) is 5.10 Å². The first-order chi connectivity index (χ1) is 17.0. The van der Waals surface area contributed by atoms with Gasteiger partial charge in [-0.3, -0.25) is 14.4 Å². The van der Waals surface area contributed by atoms with Gasteiger partial charge in [0.05, 0.1) is 25.0 Å². The number of alkyl halides is 3. The first-order valence-electron chi connectivity index (χ1n) is 11.7. The van der Waals surface area contributed by atoms with Gasteiger partial charge in [0, 0.05) is 37.3 Å². The fourth-order valence-corrected chi connectivity index (χ4v) is 4.51. The number of fused-ring (bicyclic) bond motifs is 1. The monoisotopic (exact) mass is 497 g/mol. The lowest BCUT2D eigenvalue weighted by Gasteiger charge is -2.27. The molecule has 0 spiro atoms. The van der Waals surface area contributed by atoms with Crippen molar-refractivity contribution in [3.05, 3.63) is 59.5 Å². The summed E-state index contributed by atoms with van der Waals surface area (Å²) in [5.41, 5.74) is 3.18. The van der Waals surface area contributed by atoms with Crippen LogP contribution in [0.25, 0.3) is 22.8 Å². The van der Waals surface area contributed by atoms with Crippen molar-refractivity contribution in [3.63, 3.8) is 0 Å². The second-order valence-corrected chi connectivity index (χ2v) is 9.31. The summed E-state index contributed by atoms with van der Waals surface area (Å²) in [7, 11) is 1.53. The Bertz CT molecular complexity index is 1430. The predicted molar refractivity (Wildman–Crippen MR) is 128 cm³/mol. The zero-order valence-electron chi connectivity index (χ0n) is 20.4. The largest absolute Gasteiger partial charge is 0.434 e. The quantitative estimate of drug-likeness (QED) is 0.389. The summed E-state index contributed by atoms with van der Waals surface area (Å²) in [6.45, 7) is 6.92. The number of aromatic nitrogens is 6. The highest BCUT2D eigenvalue weighted by Crippen LogP contribution is 2.33. The molecule has 1 aliphatic rings. The highest BCUT2D eigenvalue weighted by Gasteiger charge is 2.34. The minimum Gasteiger partial charge on any atom is -0.333 e. The summed E-state index contributed by atoms with van der Waals surface area (Å²) >= 11 is 0. The van der Waals surface area contributed by atoms with Crippen molar-refractivity contribution in [1.82, 2.24) is 29.1 Å². The van der Waals surface area contributed by atoms with Crippen molar-refractivity contribution in [2.75, 3.05) is 4.90 Å². The number of hydrogen-bond donors (Lipinski definition) is 0. The molecule has 1 aliphatic heterocycles. The van der Waals surface area contributed by atoms with Gasteiger partial charge < -0.3 is 4.57 Å². The number of hydrogen-bond acceptors (Lipinski definition) is 4. The zero-order valence-corrected chi connectivity index (χ0v) is 20.4. The molecule has 4 aromatic rings. The molecule has 4 heterocycles. The summed E-state index contributed by atoms with van der Waals surface area (Å²) in [5, 5.41) is 9.24. The lowest BCUT2D eigenvalue weighted by atomic mass is 10.1. The van der Waals surface area contributed by atoms with E-state index in [-0.39, 0.29) is 17.8 Å². The maximum atomic E-state index is 13.0. The molecule has 1 aromatic carbocycles. The molecule has 8 nitrogen and oxygen atoms in total. The number of benzene rings is 1. The summed E-state index contributed by atoms with van der Waals surface area (Å²) in [6.07, 6.45) is -1.38. The maximum absolute atomic E-state index is 13.0. The van der Waals surface area contributed by atoms with Crippen LogP contribution in [0.15, 0.2) is 42.7 Å². The first kappa shape index (κ1) is 23.8. The minimum atomic E-state index is -4.50. The van der Waals surface area contributed by atoms with Crippen molar-refractivity contribution in [1.29, 1.82) is 0 Å². The summed E-state index contributed by atoms with van der Waals surface area (Å²) in [4.78, 5) is 18.3. The van der Waals surface area contributed by atoms with Gasteiger partial charge in [-0.25, -0.2) is 9.67 Å². The average Bonchev–Trinajstić information content (AvgIpc) is 3.52. The number of nitrogens with zero attached hydrogens (tertiary/aromatic N) is 7. The third-order valence-corrected chi connectivity index (χ3v) is 6.30. The van der Waals surface area contributed by atoms with Crippen LogP contribution in [-0.2, 0) is 31.1 Å². The lowest BCUT2D eigenvalue weighted by molar-refractivity contribution is -0.140. The number of imidazole rings is 1. The number of carbonyl (C=O) groups excluding carboxylic acids is 1. The molecular weight excluding hydrogens is 471 g/mol. The molecule has 0 unspecified atom stereocenters.